The molecule has 28 heavy (non-hydrogen) atoms. The van der Waals surface area contributed by atoms with Gasteiger partial charge < -0.3 is 15.6 Å². The van der Waals surface area contributed by atoms with Crippen molar-refractivity contribution in [2.75, 3.05) is 6.54 Å². The summed E-state index contributed by atoms with van der Waals surface area (Å²) in [5.74, 6) is 1.62. The zero-order chi connectivity index (χ0) is 19.3. The maximum Gasteiger partial charge on any atom is 0.234 e. The van der Waals surface area contributed by atoms with Gasteiger partial charge in [0.2, 0.25) is 5.91 Å². The number of fused-ring (bicyclic) bond motifs is 1. The Kier molecular flexibility index (Phi) is 5.72. The number of H-pyrrole nitrogens is 1. The lowest BCUT2D eigenvalue weighted by Crippen LogP contribution is -2.42. The average Bonchev–Trinajstić information content (AvgIpc) is 3.17. The van der Waals surface area contributed by atoms with Gasteiger partial charge in [0.05, 0.1) is 17.6 Å². The number of benzene rings is 2. The molecule has 0 spiro atoms. The van der Waals surface area contributed by atoms with E-state index in [9.17, 15) is 4.79 Å². The molecular weight excluding hydrogens is 348 g/mol. The Morgan fingerprint density at radius 2 is 1.79 bits per heavy atom. The first-order chi connectivity index (χ1) is 13.7. The van der Waals surface area contributed by atoms with Gasteiger partial charge in [-0.05, 0) is 50.3 Å². The first-order valence-corrected chi connectivity index (χ1v) is 10.2. The van der Waals surface area contributed by atoms with Crippen molar-refractivity contribution in [3.63, 3.8) is 0 Å². The number of aromatic amines is 1. The van der Waals surface area contributed by atoms with E-state index in [4.69, 9.17) is 4.98 Å². The maximum absolute atomic E-state index is 12.3. The number of hydrogen-bond donors (Lipinski definition) is 3. The minimum absolute atomic E-state index is 0.0787. The molecule has 1 atom stereocenters. The molecule has 1 heterocycles. The van der Waals surface area contributed by atoms with Gasteiger partial charge in [0.15, 0.2) is 0 Å². The van der Waals surface area contributed by atoms with Crippen molar-refractivity contribution in [3.05, 3.63) is 66.0 Å². The summed E-state index contributed by atoms with van der Waals surface area (Å²) in [6, 6.07) is 18.8. The number of carbonyl (C=O) groups is 1. The highest BCUT2D eigenvalue weighted by molar-refractivity contribution is 5.78. The lowest BCUT2D eigenvalue weighted by atomic mass is 9.85. The molecule has 1 saturated carbocycles. The highest BCUT2D eigenvalue weighted by Crippen LogP contribution is 2.32. The zero-order valence-corrected chi connectivity index (χ0v) is 16.3. The van der Waals surface area contributed by atoms with E-state index < -0.39 is 0 Å². The van der Waals surface area contributed by atoms with Gasteiger partial charge in [0, 0.05) is 18.0 Å². The van der Waals surface area contributed by atoms with E-state index >= 15 is 0 Å². The van der Waals surface area contributed by atoms with E-state index in [2.05, 4.69) is 40.7 Å². The summed E-state index contributed by atoms with van der Waals surface area (Å²) in [6.07, 6.45) is 4.11. The molecule has 146 valence electrons. The third-order valence-corrected chi connectivity index (χ3v) is 5.76. The predicted molar refractivity (Wildman–Crippen MR) is 112 cm³/mol. The molecule has 1 aliphatic carbocycles. The van der Waals surface area contributed by atoms with Crippen LogP contribution >= 0.6 is 0 Å². The molecule has 0 radical (unpaired) electrons. The summed E-state index contributed by atoms with van der Waals surface area (Å²) in [7, 11) is 0. The zero-order valence-electron chi connectivity index (χ0n) is 16.3. The normalized spacial score (nSPS) is 20.8. The Balaban J connectivity index is 1.23. The van der Waals surface area contributed by atoms with Crippen LogP contribution in [0, 0.1) is 0 Å². The number of nitrogens with zero attached hydrogens (tertiary/aromatic N) is 1. The number of nitrogens with one attached hydrogen (secondary N) is 3. The molecule has 0 bridgehead atoms. The largest absolute Gasteiger partial charge is 0.352 e. The molecule has 1 aromatic heterocycles. The lowest BCUT2D eigenvalue weighted by Gasteiger charge is -2.28. The standard InChI is InChI=1S/C23H28N4O/c1-16(17-7-3-2-4-8-17)24-15-22(28)25-19-13-11-18(12-14-19)23-26-20-9-5-6-10-21(20)27-23/h2-10,16,18-19,24H,11-15H2,1H3,(H,25,28)(H,26,27)/t16-,18?,19?/m0/s1. The molecule has 1 amide bonds. The van der Waals surface area contributed by atoms with Gasteiger partial charge >= 0.3 is 0 Å². The molecule has 1 fully saturated rings. The van der Waals surface area contributed by atoms with Gasteiger partial charge in [-0.2, -0.15) is 0 Å². The molecule has 3 N–H and O–H groups in total. The fourth-order valence-electron chi connectivity index (χ4n) is 4.06. The van der Waals surface area contributed by atoms with Crippen molar-refractivity contribution >= 4 is 16.9 Å². The molecular formula is C23H28N4O. The Hall–Kier alpha value is -2.66. The number of hydrogen-bond acceptors (Lipinski definition) is 3. The minimum Gasteiger partial charge on any atom is -0.352 e. The van der Waals surface area contributed by atoms with Crippen LogP contribution in [0.5, 0.6) is 0 Å². The van der Waals surface area contributed by atoms with Gasteiger partial charge in [-0.3, -0.25) is 4.79 Å². The van der Waals surface area contributed by atoms with E-state index in [1.807, 2.05) is 36.4 Å². The molecule has 4 rings (SSSR count). The average molecular weight is 377 g/mol. The van der Waals surface area contributed by atoms with E-state index in [-0.39, 0.29) is 18.0 Å². The predicted octanol–water partition coefficient (Wildman–Crippen LogP) is 4.06. The second-order valence-electron chi connectivity index (χ2n) is 7.77. The van der Waals surface area contributed by atoms with Crippen LogP contribution in [0.1, 0.15) is 56.0 Å². The van der Waals surface area contributed by atoms with Crippen molar-refractivity contribution < 1.29 is 4.79 Å². The maximum atomic E-state index is 12.3. The van der Waals surface area contributed by atoms with Crippen LogP contribution in [-0.4, -0.2) is 28.5 Å². The quantitative estimate of drug-likeness (QED) is 0.608. The molecule has 5 nitrogen and oxygen atoms in total. The first kappa shape index (κ1) is 18.7. The van der Waals surface area contributed by atoms with Crippen molar-refractivity contribution in [1.29, 1.82) is 0 Å². The second kappa shape index (κ2) is 8.57. The van der Waals surface area contributed by atoms with Crippen LogP contribution in [0.15, 0.2) is 54.6 Å². The summed E-state index contributed by atoms with van der Waals surface area (Å²) in [6.45, 7) is 2.43. The number of carbonyl (C=O) groups excluding carboxylic acids is 1. The molecule has 2 aromatic carbocycles. The van der Waals surface area contributed by atoms with Crippen LogP contribution in [-0.2, 0) is 4.79 Å². The Morgan fingerprint density at radius 1 is 1.07 bits per heavy atom. The van der Waals surface area contributed by atoms with Crippen molar-refractivity contribution in [2.45, 2.75) is 50.6 Å². The smallest absolute Gasteiger partial charge is 0.234 e. The van der Waals surface area contributed by atoms with E-state index in [1.54, 1.807) is 0 Å². The van der Waals surface area contributed by atoms with E-state index in [0.29, 0.717) is 12.5 Å². The second-order valence-corrected chi connectivity index (χ2v) is 7.77. The van der Waals surface area contributed by atoms with E-state index in [1.165, 1.54) is 5.56 Å². The van der Waals surface area contributed by atoms with Crippen LogP contribution in [0.4, 0.5) is 0 Å². The first-order valence-electron chi connectivity index (χ1n) is 10.2. The molecule has 0 aliphatic heterocycles. The van der Waals surface area contributed by atoms with Crippen molar-refractivity contribution in [3.8, 4) is 0 Å². The molecule has 1 aliphatic rings. The minimum atomic E-state index is 0.0787. The number of para-hydroxylation sites is 2. The van der Waals surface area contributed by atoms with Crippen LogP contribution < -0.4 is 10.6 Å². The fourth-order valence-corrected chi connectivity index (χ4v) is 4.06. The van der Waals surface area contributed by atoms with Crippen LogP contribution in [0.25, 0.3) is 11.0 Å². The molecule has 0 saturated heterocycles. The third-order valence-electron chi connectivity index (χ3n) is 5.76. The van der Waals surface area contributed by atoms with Crippen molar-refractivity contribution in [1.82, 2.24) is 20.6 Å². The van der Waals surface area contributed by atoms with Gasteiger partial charge in [-0.15, -0.1) is 0 Å². The summed E-state index contributed by atoms with van der Waals surface area (Å²) >= 11 is 0. The number of rotatable bonds is 6. The summed E-state index contributed by atoms with van der Waals surface area (Å²) in [5, 5.41) is 6.50. The van der Waals surface area contributed by atoms with E-state index in [0.717, 1.165) is 42.5 Å². The fraction of sp³-hybridized carbons (Fsp3) is 0.391. The highest BCUT2D eigenvalue weighted by Gasteiger charge is 2.25. The van der Waals surface area contributed by atoms with Gasteiger partial charge in [0.1, 0.15) is 5.82 Å². The van der Waals surface area contributed by atoms with Gasteiger partial charge in [-0.25, -0.2) is 4.98 Å². The monoisotopic (exact) mass is 376 g/mol. The van der Waals surface area contributed by atoms with Gasteiger partial charge in [0.25, 0.3) is 0 Å². The van der Waals surface area contributed by atoms with Gasteiger partial charge in [-0.1, -0.05) is 42.5 Å². The number of imidazole rings is 1. The summed E-state index contributed by atoms with van der Waals surface area (Å²) in [4.78, 5) is 20.5. The summed E-state index contributed by atoms with van der Waals surface area (Å²) < 4.78 is 0. The number of amides is 1. The Labute approximate surface area is 166 Å². The van der Waals surface area contributed by atoms with Crippen LogP contribution in [0.3, 0.4) is 0 Å². The van der Waals surface area contributed by atoms with Crippen LogP contribution in [0.2, 0.25) is 0 Å². The molecule has 3 aromatic rings. The Bertz CT molecular complexity index is 880. The SMILES string of the molecule is C[C@H](NCC(=O)NC1CCC(c2nc3ccccc3[nH]2)CC1)c1ccccc1. The molecule has 0 unspecified atom stereocenters. The lowest BCUT2D eigenvalue weighted by molar-refractivity contribution is -0.121. The summed E-state index contributed by atoms with van der Waals surface area (Å²) in [5.41, 5.74) is 3.33. The number of aromatic nitrogens is 2. The third kappa shape index (κ3) is 4.42. The van der Waals surface area contributed by atoms with Crippen molar-refractivity contribution in [2.24, 2.45) is 0 Å². The highest BCUT2D eigenvalue weighted by atomic mass is 16.2. The topological polar surface area (TPSA) is 69.8 Å². The Morgan fingerprint density at radius 3 is 2.54 bits per heavy atom. The molecule has 5 heteroatoms.